The van der Waals surface area contributed by atoms with Crippen LogP contribution in [0, 0.1) is 0 Å². The van der Waals surface area contributed by atoms with Gasteiger partial charge in [-0.15, -0.1) is 0 Å². The average molecular weight is 749 g/mol. The zero-order valence-electron chi connectivity index (χ0n) is 28.0. The Balaban J connectivity index is -0.0000000831. The summed E-state index contributed by atoms with van der Waals surface area (Å²) in [4.78, 5) is 0. The van der Waals surface area contributed by atoms with Gasteiger partial charge in [-0.05, 0) is 12.8 Å². The van der Waals surface area contributed by atoms with Gasteiger partial charge >= 0.3 is 68.8 Å². The van der Waals surface area contributed by atoms with Gasteiger partial charge in [0.1, 0.15) is 0 Å². The first-order valence-corrected chi connectivity index (χ1v) is 36.2. The molecule has 0 unspecified atom stereocenters. The van der Waals surface area contributed by atoms with E-state index in [0.29, 0.717) is 12.9 Å². The molecule has 1 radical (unpaired) electrons. The summed E-state index contributed by atoms with van der Waals surface area (Å²) >= 11 is 0.382. The van der Waals surface area contributed by atoms with Gasteiger partial charge in [0.2, 0.25) is 0 Å². The summed E-state index contributed by atoms with van der Waals surface area (Å²) in [6.45, 7) is 43.3. The normalized spacial score (nSPS) is 14.1. The number of hydrogen-bond donors (Lipinski definition) is 0. The molecule has 0 amide bonds. The molecule has 0 aromatic heterocycles. The third kappa shape index (κ3) is 79.1. The molecule has 228 valence electrons. The number of rotatable bonds is 6. The van der Waals surface area contributed by atoms with Crippen LogP contribution in [-0.4, -0.2) is 62.6 Å². The van der Waals surface area contributed by atoms with Crippen LogP contribution in [0.2, 0.25) is 118 Å². The Labute approximate surface area is 278 Å². The zero-order valence-corrected chi connectivity index (χ0v) is 37.6. The Bertz CT molecular complexity index is 398. The summed E-state index contributed by atoms with van der Waals surface area (Å²) < 4.78 is 19.4. The van der Waals surface area contributed by atoms with Gasteiger partial charge in [-0.3, -0.25) is 0 Å². The maximum atomic E-state index is 4.94. The molecule has 0 saturated carbocycles. The fraction of sp³-hybridized carbons (Fsp3) is 1.00. The van der Waals surface area contributed by atoms with Crippen LogP contribution >= 0.6 is 20.3 Å². The monoisotopic (exact) mass is 747 g/mol. The van der Waals surface area contributed by atoms with Gasteiger partial charge in [0.25, 0.3) is 0 Å². The van der Waals surface area contributed by atoms with Crippen molar-refractivity contribution in [3.8, 4) is 0 Å². The Hall–Kier alpha value is 3.33. The SMILES string of the molecule is C1CCOC1.C[Si](C)(C)[N-][Si](C)(C)C.C[Si](C)(C)[N-][Si](C)(C)C.C[Si](C)(C)[N-][Si](C)(C)C.[Cl][Co][Cl].[Co+2].[Li+]. The Morgan fingerprint density at radius 1 is 0.459 bits per heavy atom. The van der Waals surface area contributed by atoms with Crippen molar-refractivity contribution in [3.05, 3.63) is 13.9 Å². The second-order valence-electron chi connectivity index (χ2n) is 14.7. The van der Waals surface area contributed by atoms with Crippen LogP contribution in [0.1, 0.15) is 12.8 Å². The quantitative estimate of drug-likeness (QED) is 0.253. The van der Waals surface area contributed by atoms with Gasteiger partial charge in [-0.25, -0.2) is 0 Å². The molecule has 1 aliphatic rings. The summed E-state index contributed by atoms with van der Waals surface area (Å²) in [7, 11) is 2.83. The summed E-state index contributed by atoms with van der Waals surface area (Å²) in [6, 6.07) is 0. The topological polar surface area (TPSA) is 51.5 Å². The van der Waals surface area contributed by atoms with Gasteiger partial charge in [0, 0.05) is 13.2 Å². The van der Waals surface area contributed by atoms with Crippen molar-refractivity contribution in [2.45, 2.75) is 131 Å². The number of halogens is 2. The summed E-state index contributed by atoms with van der Waals surface area (Å²) in [6.07, 6.45) is 2.56. The van der Waals surface area contributed by atoms with Crippen molar-refractivity contribution in [2.75, 3.05) is 13.2 Å². The van der Waals surface area contributed by atoms with Crippen molar-refractivity contribution in [2.24, 2.45) is 0 Å². The van der Waals surface area contributed by atoms with Gasteiger partial charge in [-0.1, -0.05) is 167 Å². The predicted octanol–water partition coefficient (Wildman–Crippen LogP) is 8.26. The van der Waals surface area contributed by atoms with Crippen LogP contribution in [0.3, 0.4) is 0 Å². The van der Waals surface area contributed by atoms with E-state index in [1.807, 2.05) is 0 Å². The Morgan fingerprint density at radius 3 is 0.622 bits per heavy atom. The van der Waals surface area contributed by atoms with Crippen LogP contribution in [0.4, 0.5) is 0 Å². The van der Waals surface area contributed by atoms with Crippen LogP contribution in [-0.2, 0) is 34.4 Å². The van der Waals surface area contributed by atoms with Gasteiger partial charge in [0.15, 0.2) is 0 Å². The van der Waals surface area contributed by atoms with E-state index in [2.05, 4.69) is 118 Å². The number of hydrogen-bond acceptors (Lipinski definition) is 1. The first-order valence-electron chi connectivity index (χ1n) is 12.7. The van der Waals surface area contributed by atoms with Crippen LogP contribution in [0.25, 0.3) is 13.9 Å². The molecule has 37 heavy (non-hydrogen) atoms. The zero-order chi connectivity index (χ0) is 29.4. The summed E-state index contributed by atoms with van der Waals surface area (Å²) in [5.74, 6) is 0. The van der Waals surface area contributed by atoms with E-state index in [1.165, 1.54) is 12.8 Å². The summed E-state index contributed by atoms with van der Waals surface area (Å²) in [5, 5.41) is 0. The van der Waals surface area contributed by atoms with Crippen molar-refractivity contribution in [3.63, 3.8) is 0 Å². The molecule has 1 saturated heterocycles. The van der Waals surface area contributed by atoms with Crippen LogP contribution in [0.5, 0.6) is 0 Å². The molecule has 0 aromatic carbocycles. The third-order valence-electron chi connectivity index (χ3n) is 2.84. The van der Waals surface area contributed by atoms with E-state index in [-0.39, 0.29) is 35.6 Å². The van der Waals surface area contributed by atoms with Crippen molar-refractivity contribution in [1.82, 2.24) is 0 Å². The van der Waals surface area contributed by atoms with E-state index in [9.17, 15) is 0 Å². The molecule has 1 rings (SSSR count). The van der Waals surface area contributed by atoms with E-state index >= 15 is 0 Å². The van der Waals surface area contributed by atoms with E-state index in [0.717, 1.165) is 13.2 Å². The molecule has 4 nitrogen and oxygen atoms in total. The van der Waals surface area contributed by atoms with E-state index in [4.69, 9.17) is 39.0 Å². The second-order valence-corrected chi connectivity index (χ2v) is 45.2. The molecule has 0 bridgehead atoms. The average Bonchev–Trinajstić information content (AvgIpc) is 2.95. The van der Waals surface area contributed by atoms with Gasteiger partial charge in [-0.2, -0.15) is 0 Å². The van der Waals surface area contributed by atoms with Crippen molar-refractivity contribution in [1.29, 1.82) is 0 Å². The minimum Gasteiger partial charge on any atom is 1.00 e. The third-order valence-corrected chi connectivity index (χ3v) is 18.9. The molecule has 0 aromatic rings. The van der Waals surface area contributed by atoms with Crippen LogP contribution < -0.4 is 18.9 Å². The summed E-state index contributed by atoms with van der Waals surface area (Å²) in [5.41, 5.74) is 0. The predicted molar refractivity (Wildman–Crippen MR) is 182 cm³/mol. The molecular weight excluding hydrogens is 686 g/mol. The molecule has 1 fully saturated rings. The first-order chi connectivity index (χ1) is 15.0. The van der Waals surface area contributed by atoms with Gasteiger partial charge < -0.3 is 18.7 Å². The maximum absolute atomic E-state index is 4.94. The minimum absolute atomic E-state index is 0. The number of nitrogens with zero attached hydrogens (tertiary/aromatic N) is 3. The van der Waals surface area contributed by atoms with Crippen molar-refractivity contribution < 1.29 is 53.3 Å². The van der Waals surface area contributed by atoms with Crippen molar-refractivity contribution >= 4 is 69.7 Å². The van der Waals surface area contributed by atoms with E-state index in [1.54, 1.807) is 0 Å². The molecule has 0 N–H and O–H groups in total. The van der Waals surface area contributed by atoms with Gasteiger partial charge in [0.05, 0.1) is 0 Å². The number of ether oxygens (including phenoxy) is 1. The molecule has 0 atom stereocenters. The molecule has 1 aliphatic heterocycles. The van der Waals surface area contributed by atoms with E-state index < -0.39 is 49.4 Å². The Kier molecular flexibility index (Phi) is 35.4. The molecule has 0 spiro atoms. The molecule has 15 heteroatoms. The molecule has 0 aliphatic carbocycles. The molecule has 1 heterocycles. The van der Waals surface area contributed by atoms with Crippen LogP contribution in [0.15, 0.2) is 0 Å². The maximum Gasteiger partial charge on any atom is 2.00 e. The molecular formula is C22H62Cl2Co2LiN3OSi6. The first kappa shape index (κ1) is 52.9. The smallest absolute Gasteiger partial charge is 1.00 e. The largest absolute Gasteiger partial charge is 2.00 e. The standard InChI is InChI=1S/3C6H18NSi2.C4H8O.2ClH.2Co.Li/c3*1-8(2,3)7-9(4,5)6;1-2-4-5-3-1;;;;;/h3*1-6H3;1-4H2;2*1H;;;/q3*-1;;;;2*+2;+1/p-2. The fourth-order valence-corrected chi connectivity index (χ4v) is 27.7. The second kappa shape index (κ2) is 24.7. The fourth-order valence-electron chi connectivity index (χ4n) is 3.53. The minimum atomic E-state index is -1.11. The Morgan fingerprint density at radius 2 is 0.595 bits per heavy atom.